The molecule has 0 aliphatic carbocycles. The van der Waals surface area contributed by atoms with E-state index in [0.717, 1.165) is 18.8 Å². The number of rotatable bonds is 4. The Morgan fingerprint density at radius 2 is 1.82 bits per heavy atom. The molecule has 0 unspecified atom stereocenters. The first-order valence-corrected chi connectivity index (χ1v) is 9.34. The van der Waals surface area contributed by atoms with Crippen LogP contribution < -0.4 is 10.2 Å². The van der Waals surface area contributed by atoms with Crippen molar-refractivity contribution in [2.24, 2.45) is 0 Å². The van der Waals surface area contributed by atoms with Crippen molar-refractivity contribution in [3.05, 3.63) is 54.4 Å². The Hall–Kier alpha value is -3.48. The molecule has 7 heteroatoms. The zero-order valence-electron chi connectivity index (χ0n) is 15.4. The molecule has 7 nitrogen and oxygen atoms in total. The average molecular weight is 378 g/mol. The van der Waals surface area contributed by atoms with Crippen LogP contribution in [-0.4, -0.2) is 39.2 Å². The molecule has 1 aliphatic rings. The van der Waals surface area contributed by atoms with Gasteiger partial charge in [0.2, 0.25) is 5.88 Å². The number of H-pyrrole nitrogens is 1. The summed E-state index contributed by atoms with van der Waals surface area (Å²) in [7, 11) is 0. The summed E-state index contributed by atoms with van der Waals surface area (Å²) in [5, 5.41) is 23.3. The number of aromatic hydroxyl groups is 2. The number of pyridine rings is 1. The number of piperidine rings is 1. The number of carbonyl (C=O) groups is 1. The molecule has 1 fully saturated rings. The third-order valence-corrected chi connectivity index (χ3v) is 4.98. The maximum atomic E-state index is 12.6. The number of hydrogen-bond donors (Lipinski definition) is 4. The molecule has 0 bridgehead atoms. The number of benzene rings is 1. The van der Waals surface area contributed by atoms with E-state index in [4.69, 9.17) is 0 Å². The summed E-state index contributed by atoms with van der Waals surface area (Å²) < 4.78 is 0. The van der Waals surface area contributed by atoms with Crippen molar-refractivity contribution in [2.45, 2.75) is 19.3 Å². The molecule has 1 amide bonds. The minimum atomic E-state index is -0.591. The van der Waals surface area contributed by atoms with Crippen molar-refractivity contribution < 1.29 is 15.0 Å². The number of carbonyl (C=O) groups excluding carboxylic acids is 1. The molecule has 4 N–H and O–H groups in total. The molecule has 0 spiro atoms. The third kappa shape index (κ3) is 3.51. The van der Waals surface area contributed by atoms with Crippen molar-refractivity contribution in [1.29, 1.82) is 0 Å². The van der Waals surface area contributed by atoms with Crippen LogP contribution in [0.1, 0.15) is 29.6 Å². The lowest BCUT2D eigenvalue weighted by Crippen LogP contribution is -2.29. The van der Waals surface area contributed by atoms with Gasteiger partial charge >= 0.3 is 0 Å². The lowest BCUT2D eigenvalue weighted by molar-refractivity contribution is 0.102. The van der Waals surface area contributed by atoms with Crippen LogP contribution in [0.4, 0.5) is 11.4 Å². The number of aromatic nitrogens is 2. The second-order valence-corrected chi connectivity index (χ2v) is 6.86. The number of nitrogens with zero attached hydrogens (tertiary/aromatic N) is 2. The van der Waals surface area contributed by atoms with Gasteiger partial charge in [-0.3, -0.25) is 9.78 Å². The lowest BCUT2D eigenvalue weighted by Gasteiger charge is -2.28. The molecule has 3 heterocycles. The standard InChI is InChI=1S/C21H22N4O3/c26-19-17(21(28)24-18(19)14-5-4-10-22-13-14)20(27)23-15-6-8-16(9-7-15)25-11-2-1-3-12-25/h4-10,13,24,26,28H,1-3,11-12H2,(H,23,27). The minimum absolute atomic E-state index is 0.195. The lowest BCUT2D eigenvalue weighted by atomic mass is 10.1. The van der Waals surface area contributed by atoms with Gasteiger partial charge in [-0.05, 0) is 55.7 Å². The summed E-state index contributed by atoms with van der Waals surface area (Å²) in [6.45, 7) is 2.10. The molecule has 0 atom stereocenters. The van der Waals surface area contributed by atoms with Gasteiger partial charge in [-0.15, -0.1) is 0 Å². The Morgan fingerprint density at radius 1 is 1.07 bits per heavy atom. The van der Waals surface area contributed by atoms with Crippen molar-refractivity contribution in [3.63, 3.8) is 0 Å². The van der Waals surface area contributed by atoms with Crippen LogP contribution >= 0.6 is 0 Å². The summed E-state index contributed by atoms with van der Waals surface area (Å²) in [6, 6.07) is 11.0. The molecule has 1 aliphatic heterocycles. The van der Waals surface area contributed by atoms with Crippen LogP contribution in [0.2, 0.25) is 0 Å². The maximum Gasteiger partial charge on any atom is 0.264 e. The van der Waals surface area contributed by atoms with Crippen molar-refractivity contribution >= 4 is 17.3 Å². The third-order valence-electron chi connectivity index (χ3n) is 4.98. The van der Waals surface area contributed by atoms with Gasteiger partial charge in [0, 0.05) is 42.4 Å². The first-order valence-electron chi connectivity index (χ1n) is 9.34. The maximum absolute atomic E-state index is 12.6. The normalized spacial score (nSPS) is 14.1. The zero-order valence-corrected chi connectivity index (χ0v) is 15.4. The van der Waals surface area contributed by atoms with Crippen LogP contribution in [-0.2, 0) is 0 Å². The van der Waals surface area contributed by atoms with Gasteiger partial charge in [0.1, 0.15) is 5.56 Å². The SMILES string of the molecule is O=C(Nc1ccc(N2CCCCC2)cc1)c1c(O)[nH]c(-c2cccnc2)c1O. The molecule has 1 aromatic carbocycles. The fourth-order valence-electron chi connectivity index (χ4n) is 3.51. The zero-order chi connectivity index (χ0) is 19.5. The Bertz CT molecular complexity index is 961. The minimum Gasteiger partial charge on any atom is -0.505 e. The topological polar surface area (TPSA) is 101 Å². The largest absolute Gasteiger partial charge is 0.505 e. The van der Waals surface area contributed by atoms with Crippen LogP contribution in [0.5, 0.6) is 11.6 Å². The number of hydrogen-bond acceptors (Lipinski definition) is 5. The highest BCUT2D eigenvalue weighted by atomic mass is 16.3. The molecule has 28 heavy (non-hydrogen) atoms. The van der Waals surface area contributed by atoms with Gasteiger partial charge < -0.3 is 25.4 Å². The van der Waals surface area contributed by atoms with Gasteiger partial charge in [0.05, 0.1) is 5.69 Å². The van der Waals surface area contributed by atoms with Gasteiger partial charge in [-0.25, -0.2) is 0 Å². The monoisotopic (exact) mass is 378 g/mol. The highest BCUT2D eigenvalue weighted by Crippen LogP contribution is 2.37. The van der Waals surface area contributed by atoms with Crippen molar-refractivity contribution in [3.8, 4) is 22.9 Å². The number of amides is 1. The Balaban J connectivity index is 1.52. The van der Waals surface area contributed by atoms with E-state index in [1.54, 1.807) is 18.3 Å². The first kappa shape index (κ1) is 17.9. The molecular formula is C21H22N4O3. The van der Waals surface area contributed by atoms with Crippen LogP contribution in [0.3, 0.4) is 0 Å². The van der Waals surface area contributed by atoms with Gasteiger partial charge in [0.15, 0.2) is 5.75 Å². The van der Waals surface area contributed by atoms with E-state index >= 15 is 0 Å². The van der Waals surface area contributed by atoms with Gasteiger partial charge in [-0.2, -0.15) is 0 Å². The highest BCUT2D eigenvalue weighted by molar-refractivity contribution is 6.09. The van der Waals surface area contributed by atoms with E-state index in [1.165, 1.54) is 25.5 Å². The van der Waals surface area contributed by atoms with E-state index < -0.39 is 11.8 Å². The van der Waals surface area contributed by atoms with E-state index in [9.17, 15) is 15.0 Å². The fourth-order valence-corrected chi connectivity index (χ4v) is 3.51. The first-order chi connectivity index (χ1) is 13.6. The van der Waals surface area contributed by atoms with Crippen molar-refractivity contribution in [2.75, 3.05) is 23.3 Å². The summed E-state index contributed by atoms with van der Waals surface area (Å²) in [4.78, 5) is 21.6. The number of aromatic amines is 1. The molecule has 2 aromatic heterocycles. The summed E-state index contributed by atoms with van der Waals surface area (Å²) in [6.07, 6.45) is 6.80. The Labute approximate surface area is 162 Å². The number of nitrogens with one attached hydrogen (secondary N) is 2. The molecular weight excluding hydrogens is 356 g/mol. The molecule has 0 radical (unpaired) electrons. The van der Waals surface area contributed by atoms with Crippen LogP contribution in [0.25, 0.3) is 11.3 Å². The fraction of sp³-hybridized carbons (Fsp3) is 0.238. The predicted octanol–water partition coefficient (Wildman–Crippen LogP) is 3.73. The van der Waals surface area contributed by atoms with Gasteiger partial charge in [-0.1, -0.05) is 0 Å². The Morgan fingerprint density at radius 3 is 2.50 bits per heavy atom. The van der Waals surface area contributed by atoms with Crippen LogP contribution in [0, 0.1) is 0 Å². The highest BCUT2D eigenvalue weighted by Gasteiger charge is 2.24. The quantitative estimate of drug-likeness (QED) is 0.554. The summed E-state index contributed by atoms with van der Waals surface area (Å²) >= 11 is 0. The Kier molecular flexibility index (Phi) is 4.89. The smallest absolute Gasteiger partial charge is 0.264 e. The average Bonchev–Trinajstić information content (AvgIpc) is 3.04. The summed E-state index contributed by atoms with van der Waals surface area (Å²) in [5.74, 6) is -1.29. The van der Waals surface area contributed by atoms with Crippen molar-refractivity contribution in [1.82, 2.24) is 9.97 Å². The molecule has 3 aromatic rings. The second-order valence-electron chi connectivity index (χ2n) is 6.86. The van der Waals surface area contributed by atoms with Gasteiger partial charge in [0.25, 0.3) is 5.91 Å². The molecule has 1 saturated heterocycles. The molecule has 4 rings (SSSR count). The molecule has 144 valence electrons. The molecule has 0 saturated carbocycles. The second kappa shape index (κ2) is 7.64. The van der Waals surface area contributed by atoms with E-state index in [0.29, 0.717) is 11.3 Å². The van der Waals surface area contributed by atoms with E-state index in [1.807, 2.05) is 24.3 Å². The van der Waals surface area contributed by atoms with E-state index in [2.05, 4.69) is 20.2 Å². The number of anilines is 2. The van der Waals surface area contributed by atoms with E-state index in [-0.39, 0.29) is 17.0 Å². The summed E-state index contributed by atoms with van der Waals surface area (Å²) in [5.41, 5.74) is 2.34. The predicted molar refractivity (Wildman–Crippen MR) is 108 cm³/mol. The van der Waals surface area contributed by atoms with Crippen LogP contribution in [0.15, 0.2) is 48.8 Å².